The van der Waals surface area contributed by atoms with Gasteiger partial charge in [0.25, 0.3) is 0 Å². The fourth-order valence-electron chi connectivity index (χ4n) is 1.65. The molecule has 0 amide bonds. The molecule has 0 aromatic rings. The summed E-state index contributed by atoms with van der Waals surface area (Å²) in [6, 6.07) is 2.31. The lowest BCUT2D eigenvalue weighted by molar-refractivity contribution is 0.0672. The van der Waals surface area contributed by atoms with E-state index in [1.54, 1.807) is 0 Å². The van der Waals surface area contributed by atoms with E-state index in [1.807, 2.05) is 0 Å². The summed E-state index contributed by atoms with van der Waals surface area (Å²) in [6.07, 6.45) is 1.97. The normalized spacial score (nSPS) is 19.4. The van der Waals surface area contributed by atoms with Crippen LogP contribution in [0.5, 0.6) is 0 Å². The Hall–Kier alpha value is -0.630. The van der Waals surface area contributed by atoms with Gasteiger partial charge < -0.3 is 14.7 Å². The quantitative estimate of drug-likeness (QED) is 0.642. The maximum Gasteiger partial charge on any atom is 0.0698 e. The number of likely N-dealkylation sites (tertiary alicyclic amines) is 1. The van der Waals surface area contributed by atoms with Crippen molar-refractivity contribution in [3.05, 3.63) is 0 Å². The number of piperidine rings is 1. The zero-order valence-corrected chi connectivity index (χ0v) is 8.48. The molecule has 0 radical (unpaired) electrons. The van der Waals surface area contributed by atoms with Crippen LogP contribution < -0.4 is 0 Å². The largest absolute Gasteiger partial charge is 0.394 e. The standard InChI is InChI=1S/C10H18N2O2/c11-9-10-1-3-12(4-2-10)5-7-14-8-6-13/h10,13H,1-8H2. The first-order valence-corrected chi connectivity index (χ1v) is 5.17. The van der Waals surface area contributed by atoms with Crippen molar-refractivity contribution in [1.82, 2.24) is 4.90 Å². The Balaban J connectivity index is 2.02. The third-order valence-electron chi connectivity index (χ3n) is 2.56. The number of aliphatic hydroxyl groups is 1. The van der Waals surface area contributed by atoms with E-state index in [4.69, 9.17) is 15.1 Å². The number of nitrogens with zero attached hydrogens (tertiary/aromatic N) is 2. The van der Waals surface area contributed by atoms with E-state index in [0.29, 0.717) is 13.2 Å². The number of nitriles is 1. The zero-order valence-electron chi connectivity index (χ0n) is 8.48. The third kappa shape index (κ3) is 4.05. The minimum Gasteiger partial charge on any atom is -0.394 e. The van der Waals surface area contributed by atoms with Gasteiger partial charge in [-0.05, 0) is 25.9 Å². The number of rotatable bonds is 5. The Labute approximate surface area is 85.1 Å². The summed E-state index contributed by atoms with van der Waals surface area (Å²) in [5, 5.41) is 17.2. The molecule has 4 heteroatoms. The van der Waals surface area contributed by atoms with Crippen molar-refractivity contribution in [3.8, 4) is 6.07 Å². The van der Waals surface area contributed by atoms with Gasteiger partial charge in [0.2, 0.25) is 0 Å². The summed E-state index contributed by atoms with van der Waals surface area (Å²) in [5.41, 5.74) is 0. The molecule has 0 bridgehead atoms. The molecule has 1 fully saturated rings. The molecule has 1 aliphatic rings. The minimum absolute atomic E-state index is 0.0938. The monoisotopic (exact) mass is 198 g/mol. The molecule has 0 aliphatic carbocycles. The van der Waals surface area contributed by atoms with Gasteiger partial charge in [0.15, 0.2) is 0 Å². The molecule has 4 nitrogen and oxygen atoms in total. The average Bonchev–Trinajstić information content (AvgIpc) is 2.25. The van der Waals surface area contributed by atoms with Gasteiger partial charge in [-0.15, -0.1) is 0 Å². The molecule has 0 aromatic carbocycles. The number of aliphatic hydroxyl groups excluding tert-OH is 1. The van der Waals surface area contributed by atoms with Crippen LogP contribution in [0.15, 0.2) is 0 Å². The van der Waals surface area contributed by atoms with Crippen LogP contribution in [0.1, 0.15) is 12.8 Å². The smallest absolute Gasteiger partial charge is 0.0698 e. The summed E-state index contributed by atoms with van der Waals surface area (Å²) in [4.78, 5) is 2.31. The van der Waals surface area contributed by atoms with Gasteiger partial charge in [-0.2, -0.15) is 5.26 Å². The molecule has 80 valence electrons. The van der Waals surface area contributed by atoms with Crippen molar-refractivity contribution in [1.29, 1.82) is 5.26 Å². The maximum atomic E-state index is 8.70. The van der Waals surface area contributed by atoms with Gasteiger partial charge in [-0.25, -0.2) is 0 Å². The second kappa shape index (κ2) is 6.77. The number of hydrogen-bond acceptors (Lipinski definition) is 4. The van der Waals surface area contributed by atoms with E-state index < -0.39 is 0 Å². The maximum absolute atomic E-state index is 8.70. The summed E-state index contributed by atoms with van der Waals surface area (Å²) in [5.74, 6) is 0.254. The summed E-state index contributed by atoms with van der Waals surface area (Å²) < 4.78 is 5.18. The van der Waals surface area contributed by atoms with Crippen LogP contribution in [0.3, 0.4) is 0 Å². The van der Waals surface area contributed by atoms with Crippen molar-refractivity contribution < 1.29 is 9.84 Å². The third-order valence-corrected chi connectivity index (χ3v) is 2.56. The van der Waals surface area contributed by atoms with Crippen LogP contribution in [0.2, 0.25) is 0 Å². The first kappa shape index (κ1) is 11.4. The molecule has 0 aromatic heterocycles. The van der Waals surface area contributed by atoms with Crippen LogP contribution in [-0.2, 0) is 4.74 Å². The molecule has 0 unspecified atom stereocenters. The molecule has 1 aliphatic heterocycles. The Morgan fingerprint density at radius 1 is 1.36 bits per heavy atom. The zero-order chi connectivity index (χ0) is 10.2. The van der Waals surface area contributed by atoms with Gasteiger partial charge in [0.1, 0.15) is 0 Å². The first-order valence-electron chi connectivity index (χ1n) is 5.17. The van der Waals surface area contributed by atoms with Gasteiger partial charge in [0, 0.05) is 12.5 Å². The van der Waals surface area contributed by atoms with Crippen LogP contribution in [0.25, 0.3) is 0 Å². The average molecular weight is 198 g/mol. The van der Waals surface area contributed by atoms with Gasteiger partial charge in [-0.1, -0.05) is 0 Å². The minimum atomic E-state index is 0.0938. The SMILES string of the molecule is N#CC1CCN(CCOCCO)CC1. The van der Waals surface area contributed by atoms with Gasteiger partial charge >= 0.3 is 0 Å². The highest BCUT2D eigenvalue weighted by atomic mass is 16.5. The van der Waals surface area contributed by atoms with E-state index in [2.05, 4.69) is 11.0 Å². The lowest BCUT2D eigenvalue weighted by Crippen LogP contribution is -2.35. The molecular formula is C10H18N2O2. The van der Waals surface area contributed by atoms with Gasteiger partial charge in [-0.3, -0.25) is 0 Å². The molecule has 0 spiro atoms. The molecule has 0 saturated carbocycles. The number of ether oxygens (including phenoxy) is 1. The molecule has 1 heterocycles. The van der Waals surface area contributed by atoms with Crippen LogP contribution in [0.4, 0.5) is 0 Å². The van der Waals surface area contributed by atoms with E-state index in [-0.39, 0.29) is 12.5 Å². The highest BCUT2D eigenvalue weighted by Gasteiger charge is 2.17. The lowest BCUT2D eigenvalue weighted by Gasteiger charge is -2.28. The van der Waals surface area contributed by atoms with Crippen LogP contribution in [-0.4, -0.2) is 49.5 Å². The lowest BCUT2D eigenvalue weighted by atomic mass is 9.99. The Morgan fingerprint density at radius 2 is 2.07 bits per heavy atom. The topological polar surface area (TPSA) is 56.5 Å². The van der Waals surface area contributed by atoms with Crippen LogP contribution in [0, 0.1) is 17.2 Å². The molecule has 1 N–H and O–H groups in total. The highest BCUT2D eigenvalue weighted by Crippen LogP contribution is 2.15. The second-order valence-electron chi connectivity index (χ2n) is 3.58. The van der Waals surface area contributed by atoms with Gasteiger partial charge in [0.05, 0.1) is 25.9 Å². The van der Waals surface area contributed by atoms with Crippen molar-refractivity contribution in [3.63, 3.8) is 0 Å². The molecule has 1 saturated heterocycles. The van der Waals surface area contributed by atoms with Crippen molar-refractivity contribution in [2.24, 2.45) is 5.92 Å². The fraction of sp³-hybridized carbons (Fsp3) is 0.900. The van der Waals surface area contributed by atoms with Crippen molar-refractivity contribution in [2.45, 2.75) is 12.8 Å². The second-order valence-corrected chi connectivity index (χ2v) is 3.58. The summed E-state index contributed by atoms with van der Waals surface area (Å²) in [7, 11) is 0. The van der Waals surface area contributed by atoms with Crippen LogP contribution >= 0.6 is 0 Å². The highest BCUT2D eigenvalue weighted by molar-refractivity contribution is 4.87. The van der Waals surface area contributed by atoms with Crippen molar-refractivity contribution >= 4 is 0 Å². The molecular weight excluding hydrogens is 180 g/mol. The van der Waals surface area contributed by atoms with E-state index in [9.17, 15) is 0 Å². The van der Waals surface area contributed by atoms with E-state index in [1.165, 1.54) is 0 Å². The molecule has 1 rings (SSSR count). The number of hydrogen-bond donors (Lipinski definition) is 1. The predicted octanol–water partition coefficient (Wildman–Crippen LogP) is 0.231. The molecule has 0 atom stereocenters. The first-order chi connectivity index (χ1) is 6.86. The molecule has 14 heavy (non-hydrogen) atoms. The Bertz CT molecular complexity index is 183. The Morgan fingerprint density at radius 3 is 2.64 bits per heavy atom. The predicted molar refractivity (Wildman–Crippen MR) is 52.7 cm³/mol. The van der Waals surface area contributed by atoms with Crippen molar-refractivity contribution in [2.75, 3.05) is 39.5 Å². The Kier molecular flexibility index (Phi) is 5.53. The fourth-order valence-corrected chi connectivity index (χ4v) is 1.65. The van der Waals surface area contributed by atoms with E-state index >= 15 is 0 Å². The summed E-state index contributed by atoms with van der Waals surface area (Å²) >= 11 is 0. The van der Waals surface area contributed by atoms with E-state index in [0.717, 1.165) is 32.5 Å². The summed E-state index contributed by atoms with van der Waals surface area (Å²) in [6.45, 7) is 4.11.